The molecule has 4 nitrogen and oxygen atoms in total. The Labute approximate surface area is 120 Å². The Hall–Kier alpha value is -0.590. The van der Waals surface area contributed by atoms with Crippen molar-refractivity contribution in [3.63, 3.8) is 0 Å². The van der Waals surface area contributed by atoms with Gasteiger partial charge in [0.15, 0.2) is 0 Å². The quantitative estimate of drug-likeness (QED) is 0.809. The number of aryl methyl sites for hydroxylation is 1. The molecule has 0 saturated carbocycles. The van der Waals surface area contributed by atoms with Gasteiger partial charge in [0.1, 0.15) is 4.60 Å². The summed E-state index contributed by atoms with van der Waals surface area (Å²) in [4.78, 5) is 16.1. The van der Waals surface area contributed by atoms with E-state index in [4.69, 9.17) is 0 Å². The Morgan fingerprint density at radius 1 is 1.61 bits per heavy atom. The van der Waals surface area contributed by atoms with Gasteiger partial charge in [-0.15, -0.1) is 0 Å². The van der Waals surface area contributed by atoms with Gasteiger partial charge in [0.2, 0.25) is 0 Å². The number of aromatic nitrogens is 1. The second kappa shape index (κ2) is 6.54. The summed E-state index contributed by atoms with van der Waals surface area (Å²) in [6.45, 7) is 3.77. The fourth-order valence-electron chi connectivity index (χ4n) is 1.42. The molecule has 18 heavy (non-hydrogen) atoms. The van der Waals surface area contributed by atoms with Gasteiger partial charge in [-0.1, -0.05) is 0 Å². The Morgan fingerprint density at radius 2 is 2.28 bits per heavy atom. The third-order valence-electron chi connectivity index (χ3n) is 2.32. The number of pyridine rings is 1. The summed E-state index contributed by atoms with van der Waals surface area (Å²) in [6, 6.07) is 3.49. The summed E-state index contributed by atoms with van der Waals surface area (Å²) in [6.07, 6.45) is 1.91. The highest BCUT2D eigenvalue weighted by molar-refractivity contribution is 9.10. The lowest BCUT2D eigenvalue weighted by molar-refractivity contribution is 0.0724. The van der Waals surface area contributed by atoms with Gasteiger partial charge in [0, 0.05) is 18.0 Å². The zero-order valence-corrected chi connectivity index (χ0v) is 13.1. The lowest BCUT2D eigenvalue weighted by Crippen LogP contribution is -2.42. The van der Waals surface area contributed by atoms with Crippen LogP contribution < -0.4 is 5.32 Å². The van der Waals surface area contributed by atoms with Gasteiger partial charge in [-0.25, -0.2) is 4.98 Å². The van der Waals surface area contributed by atoms with E-state index in [1.165, 1.54) is 11.8 Å². The smallest absolute Gasteiger partial charge is 0.254 e. The molecule has 100 valence electrons. The average molecular weight is 333 g/mol. The van der Waals surface area contributed by atoms with Crippen LogP contribution in [-0.2, 0) is 0 Å². The molecule has 1 atom stereocenters. The van der Waals surface area contributed by atoms with Gasteiger partial charge in [0.25, 0.3) is 5.91 Å². The maximum atomic E-state index is 11.9. The minimum Gasteiger partial charge on any atom is -0.387 e. The molecule has 0 bridgehead atoms. The number of rotatable bonds is 5. The van der Waals surface area contributed by atoms with E-state index in [2.05, 4.69) is 26.2 Å². The van der Waals surface area contributed by atoms with Crippen molar-refractivity contribution in [1.82, 2.24) is 10.3 Å². The molecule has 0 radical (unpaired) electrons. The Kier molecular flexibility index (Phi) is 5.62. The summed E-state index contributed by atoms with van der Waals surface area (Å²) in [7, 11) is 0. The van der Waals surface area contributed by atoms with Crippen LogP contribution in [0.2, 0.25) is 0 Å². The lowest BCUT2D eigenvalue weighted by atomic mass is 10.1. The van der Waals surface area contributed by atoms with E-state index >= 15 is 0 Å². The average Bonchev–Trinajstić information content (AvgIpc) is 2.26. The van der Waals surface area contributed by atoms with E-state index in [9.17, 15) is 9.90 Å². The number of thioether (sulfide) groups is 1. The summed E-state index contributed by atoms with van der Waals surface area (Å²) in [5, 5.41) is 12.7. The number of carbonyl (C=O) groups excluding carboxylic acids is 1. The van der Waals surface area contributed by atoms with E-state index in [-0.39, 0.29) is 12.5 Å². The number of hydrogen-bond acceptors (Lipinski definition) is 4. The summed E-state index contributed by atoms with van der Waals surface area (Å²) < 4.78 is 0.518. The van der Waals surface area contributed by atoms with Crippen LogP contribution in [0.1, 0.15) is 23.0 Å². The predicted octanol–water partition coefficient (Wildman–Crippen LogP) is 2.00. The molecule has 1 unspecified atom stereocenters. The molecule has 0 aliphatic heterocycles. The van der Waals surface area contributed by atoms with Crippen LogP contribution in [0, 0.1) is 6.92 Å². The van der Waals surface area contributed by atoms with Crippen molar-refractivity contribution in [3.8, 4) is 0 Å². The lowest BCUT2D eigenvalue weighted by Gasteiger charge is -2.22. The predicted molar refractivity (Wildman–Crippen MR) is 78.0 cm³/mol. The van der Waals surface area contributed by atoms with Crippen LogP contribution in [0.25, 0.3) is 0 Å². The number of aliphatic hydroxyl groups is 1. The van der Waals surface area contributed by atoms with Gasteiger partial charge in [-0.05, 0) is 48.2 Å². The number of carbonyl (C=O) groups is 1. The number of halogens is 1. The second-order valence-corrected chi connectivity index (χ2v) is 6.02. The normalized spacial score (nSPS) is 14.1. The van der Waals surface area contributed by atoms with Crippen molar-refractivity contribution in [3.05, 3.63) is 28.0 Å². The molecule has 0 saturated heterocycles. The van der Waals surface area contributed by atoms with Crippen molar-refractivity contribution < 1.29 is 9.90 Å². The number of nitrogens with one attached hydrogen (secondary N) is 1. The summed E-state index contributed by atoms with van der Waals surface area (Å²) in [5.74, 6) is 0.330. The highest BCUT2D eigenvalue weighted by atomic mass is 79.9. The van der Waals surface area contributed by atoms with Crippen molar-refractivity contribution in [2.24, 2.45) is 0 Å². The van der Waals surface area contributed by atoms with E-state index in [0.29, 0.717) is 15.9 Å². The number of nitrogens with zero attached hydrogens (tertiary/aromatic N) is 1. The second-order valence-electron chi connectivity index (χ2n) is 4.40. The van der Waals surface area contributed by atoms with Crippen LogP contribution in [0.4, 0.5) is 0 Å². The first-order valence-corrected chi connectivity index (χ1v) is 7.67. The monoisotopic (exact) mass is 332 g/mol. The Morgan fingerprint density at radius 3 is 2.83 bits per heavy atom. The summed E-state index contributed by atoms with van der Waals surface area (Å²) >= 11 is 4.80. The third-order valence-corrected chi connectivity index (χ3v) is 3.83. The Balaban J connectivity index is 2.66. The zero-order valence-electron chi connectivity index (χ0n) is 10.7. The molecular weight excluding hydrogens is 316 g/mol. The molecule has 1 aromatic heterocycles. The van der Waals surface area contributed by atoms with Gasteiger partial charge < -0.3 is 10.4 Å². The molecule has 0 aliphatic carbocycles. The molecule has 1 heterocycles. The summed E-state index contributed by atoms with van der Waals surface area (Å²) in [5.41, 5.74) is 0.410. The minimum absolute atomic E-state index is 0.215. The molecule has 0 aromatic carbocycles. The van der Waals surface area contributed by atoms with Crippen molar-refractivity contribution in [1.29, 1.82) is 0 Å². The fourth-order valence-corrected chi connectivity index (χ4v) is 2.74. The van der Waals surface area contributed by atoms with Gasteiger partial charge in [-0.3, -0.25) is 4.79 Å². The largest absolute Gasteiger partial charge is 0.387 e. The molecule has 2 N–H and O–H groups in total. The highest BCUT2D eigenvalue weighted by Gasteiger charge is 2.21. The number of amides is 1. The van der Waals surface area contributed by atoms with E-state index < -0.39 is 5.60 Å². The van der Waals surface area contributed by atoms with Crippen LogP contribution in [0.3, 0.4) is 0 Å². The van der Waals surface area contributed by atoms with Crippen molar-refractivity contribution in [2.45, 2.75) is 19.4 Å². The van der Waals surface area contributed by atoms with Crippen molar-refractivity contribution in [2.75, 3.05) is 18.6 Å². The molecule has 1 aromatic rings. The van der Waals surface area contributed by atoms with Gasteiger partial charge in [-0.2, -0.15) is 11.8 Å². The first kappa shape index (κ1) is 15.5. The molecule has 0 aliphatic rings. The molecular formula is C12H17BrN2O2S. The zero-order chi connectivity index (χ0) is 13.8. The van der Waals surface area contributed by atoms with Gasteiger partial charge in [0.05, 0.1) is 11.2 Å². The standard InChI is InChI=1S/C12H17BrN2O2S/c1-8-4-5-9(10(13)15-8)11(16)14-6-12(2,17)7-18-3/h4-5,17H,6-7H2,1-3H3,(H,14,16). The van der Waals surface area contributed by atoms with Gasteiger partial charge >= 0.3 is 0 Å². The Bertz CT molecular complexity index is 438. The van der Waals surface area contributed by atoms with Crippen LogP contribution in [0.15, 0.2) is 16.7 Å². The molecule has 0 fully saturated rings. The number of hydrogen-bond donors (Lipinski definition) is 2. The van der Waals surface area contributed by atoms with Crippen molar-refractivity contribution >= 4 is 33.6 Å². The third kappa shape index (κ3) is 4.59. The maximum absolute atomic E-state index is 11.9. The fraction of sp³-hybridized carbons (Fsp3) is 0.500. The van der Waals surface area contributed by atoms with Crippen LogP contribution in [0.5, 0.6) is 0 Å². The highest BCUT2D eigenvalue weighted by Crippen LogP contribution is 2.15. The van der Waals surface area contributed by atoms with Crippen LogP contribution >= 0.6 is 27.7 Å². The minimum atomic E-state index is -0.903. The molecule has 1 rings (SSSR count). The molecule has 6 heteroatoms. The van der Waals surface area contributed by atoms with Crippen LogP contribution in [-0.4, -0.2) is 40.2 Å². The van der Waals surface area contributed by atoms with E-state index in [1.54, 1.807) is 19.1 Å². The topological polar surface area (TPSA) is 62.2 Å². The SMILES string of the molecule is CSCC(C)(O)CNC(=O)c1ccc(C)nc1Br. The maximum Gasteiger partial charge on any atom is 0.254 e. The first-order valence-electron chi connectivity index (χ1n) is 5.48. The molecule has 0 spiro atoms. The van der Waals surface area contributed by atoms with E-state index in [1.807, 2.05) is 13.2 Å². The molecule has 1 amide bonds. The van der Waals surface area contributed by atoms with E-state index in [0.717, 1.165) is 5.69 Å². The first-order chi connectivity index (χ1) is 8.35.